The normalized spacial score (nSPS) is 16.1. The van der Waals surface area contributed by atoms with Gasteiger partial charge in [0.05, 0.1) is 61.8 Å². The number of amides is 4. The van der Waals surface area contributed by atoms with Gasteiger partial charge in [-0.05, 0) is 81.5 Å². The van der Waals surface area contributed by atoms with Crippen molar-refractivity contribution in [2.75, 3.05) is 27.3 Å². The molecule has 2 aliphatic rings. The number of furan rings is 1. The molecule has 0 spiro atoms. The van der Waals surface area contributed by atoms with Crippen LogP contribution in [0.3, 0.4) is 0 Å². The molecule has 350 valence electrons. The molecular weight excluding hydrogens is 843 g/mol. The Morgan fingerprint density at radius 2 is 1.62 bits per heavy atom. The quantitative estimate of drug-likeness (QED) is 0.0867. The molecule has 0 bridgehead atoms. The molecule has 0 radical (unpaired) electrons. The van der Waals surface area contributed by atoms with Crippen molar-refractivity contribution in [1.29, 1.82) is 0 Å². The van der Waals surface area contributed by atoms with E-state index in [-0.39, 0.29) is 42.9 Å². The SMILES string of the molecule is CCC.CCC(C)N(Cc1ncc(-c2ccc3c(c2)cc2n3C(c3ccc(C)o3)Oc3cc(-c4cnc(C5CCCN5C(=O)CNC(=O)OC)[nH]4)ccc3-2)[nH]1)C(=O)C(NC(=O)OC)C(C)C. The summed E-state index contributed by atoms with van der Waals surface area (Å²) < 4.78 is 24.6. The first-order chi connectivity index (χ1) is 31.8. The predicted octanol–water partition coefficient (Wildman–Crippen LogP) is 8.87. The van der Waals surface area contributed by atoms with E-state index in [1.165, 1.54) is 20.6 Å². The van der Waals surface area contributed by atoms with Gasteiger partial charge in [-0.25, -0.2) is 19.6 Å². The Balaban J connectivity index is 0.00000210. The van der Waals surface area contributed by atoms with Crippen molar-refractivity contribution in [3.63, 3.8) is 0 Å². The number of H-pyrrole nitrogens is 2. The number of rotatable bonds is 13. The molecule has 17 heteroatoms. The molecular formula is C49H61N9O8. The number of aryl methyl sites for hydroxylation is 1. The molecule has 1 saturated heterocycles. The van der Waals surface area contributed by atoms with Crippen LogP contribution in [0.2, 0.25) is 0 Å². The highest BCUT2D eigenvalue weighted by atomic mass is 16.5. The van der Waals surface area contributed by atoms with E-state index in [4.69, 9.17) is 18.9 Å². The van der Waals surface area contributed by atoms with Crippen molar-refractivity contribution >= 4 is 34.9 Å². The molecule has 6 heterocycles. The van der Waals surface area contributed by atoms with Crippen molar-refractivity contribution in [2.45, 2.75) is 105 Å². The van der Waals surface area contributed by atoms with Gasteiger partial charge in [0.2, 0.25) is 18.0 Å². The van der Waals surface area contributed by atoms with E-state index >= 15 is 0 Å². The van der Waals surface area contributed by atoms with Gasteiger partial charge in [0, 0.05) is 34.7 Å². The molecule has 4 amide bonds. The van der Waals surface area contributed by atoms with Gasteiger partial charge in [0.15, 0.2) is 5.76 Å². The minimum absolute atomic E-state index is 0.107. The fourth-order valence-corrected chi connectivity index (χ4v) is 8.43. The van der Waals surface area contributed by atoms with Crippen molar-refractivity contribution in [1.82, 2.24) is 44.9 Å². The van der Waals surface area contributed by atoms with E-state index < -0.39 is 24.5 Å². The van der Waals surface area contributed by atoms with Crippen molar-refractivity contribution < 1.29 is 37.8 Å². The van der Waals surface area contributed by atoms with Gasteiger partial charge in [-0.2, -0.15) is 0 Å². The highest BCUT2D eigenvalue weighted by molar-refractivity contribution is 5.92. The molecule has 6 aromatic rings. The van der Waals surface area contributed by atoms with Crippen LogP contribution < -0.4 is 15.4 Å². The Morgan fingerprint density at radius 3 is 2.32 bits per heavy atom. The summed E-state index contributed by atoms with van der Waals surface area (Å²) >= 11 is 0. The smallest absolute Gasteiger partial charge is 0.407 e. The molecule has 4 atom stereocenters. The zero-order valence-electron chi connectivity index (χ0n) is 39.2. The minimum atomic E-state index is -0.756. The monoisotopic (exact) mass is 903 g/mol. The number of nitrogens with one attached hydrogen (secondary N) is 4. The molecule has 66 heavy (non-hydrogen) atoms. The van der Waals surface area contributed by atoms with Crippen LogP contribution in [-0.2, 0) is 25.6 Å². The molecule has 17 nitrogen and oxygen atoms in total. The maximum atomic E-state index is 13.9. The maximum absolute atomic E-state index is 13.9. The third-order valence-electron chi connectivity index (χ3n) is 12.0. The highest BCUT2D eigenvalue weighted by Crippen LogP contribution is 2.46. The average Bonchev–Trinajstić information content (AvgIpc) is 4.18. The fraction of sp³-hybridized carbons (Fsp3) is 0.429. The number of benzene rings is 2. The zero-order chi connectivity index (χ0) is 47.2. The molecule has 4 N–H and O–H groups in total. The third kappa shape index (κ3) is 9.79. The van der Waals surface area contributed by atoms with Crippen molar-refractivity contribution in [2.24, 2.45) is 5.92 Å². The van der Waals surface area contributed by atoms with Gasteiger partial charge in [0.1, 0.15) is 35.7 Å². The summed E-state index contributed by atoms with van der Waals surface area (Å²) in [4.78, 5) is 70.3. The number of carbonyl (C=O) groups is 4. The van der Waals surface area contributed by atoms with Gasteiger partial charge in [0.25, 0.3) is 0 Å². The Kier molecular flexibility index (Phi) is 14.5. The van der Waals surface area contributed by atoms with E-state index in [1.54, 1.807) is 22.2 Å². The van der Waals surface area contributed by atoms with Gasteiger partial charge in [-0.1, -0.05) is 53.2 Å². The predicted molar refractivity (Wildman–Crippen MR) is 249 cm³/mol. The molecule has 2 aromatic carbocycles. The number of aromatic amines is 2. The lowest BCUT2D eigenvalue weighted by molar-refractivity contribution is -0.137. The number of fused-ring (bicyclic) bond motifs is 5. The van der Waals surface area contributed by atoms with Crippen LogP contribution in [0.25, 0.3) is 44.7 Å². The number of ether oxygens (including phenoxy) is 3. The van der Waals surface area contributed by atoms with Crippen LogP contribution in [0.1, 0.15) is 103 Å². The van der Waals surface area contributed by atoms with Crippen LogP contribution in [-0.4, -0.2) is 97.7 Å². The molecule has 0 aliphatic carbocycles. The number of nitrogens with zero attached hydrogens (tertiary/aromatic N) is 5. The summed E-state index contributed by atoms with van der Waals surface area (Å²) in [6, 6.07) is 17.2. The molecule has 8 rings (SSSR count). The lowest BCUT2D eigenvalue weighted by Gasteiger charge is -2.33. The fourth-order valence-electron chi connectivity index (χ4n) is 8.43. The van der Waals surface area contributed by atoms with Crippen molar-refractivity contribution in [3.8, 4) is 39.5 Å². The van der Waals surface area contributed by atoms with Crippen molar-refractivity contribution in [3.05, 3.63) is 90.2 Å². The lowest BCUT2D eigenvalue weighted by atomic mass is 10.0. The highest BCUT2D eigenvalue weighted by Gasteiger charge is 2.35. The number of likely N-dealkylation sites (tertiary alicyclic amines) is 1. The number of hydrogen-bond acceptors (Lipinski definition) is 10. The van der Waals surface area contributed by atoms with Crippen LogP contribution in [0.15, 0.2) is 71.4 Å². The zero-order valence-corrected chi connectivity index (χ0v) is 39.2. The number of carbonyl (C=O) groups excluding carboxylic acids is 4. The number of methoxy groups -OCH3 is 2. The molecule has 1 fully saturated rings. The Bertz CT molecular complexity index is 2680. The summed E-state index contributed by atoms with van der Waals surface area (Å²) in [5, 5.41) is 6.16. The average molecular weight is 904 g/mol. The summed E-state index contributed by atoms with van der Waals surface area (Å²) in [7, 11) is 2.54. The van der Waals surface area contributed by atoms with Crippen LogP contribution >= 0.6 is 0 Å². The van der Waals surface area contributed by atoms with Gasteiger partial charge < -0.3 is 49.0 Å². The Labute approximate surface area is 384 Å². The van der Waals surface area contributed by atoms with E-state index in [1.807, 2.05) is 71.0 Å². The second-order valence-corrected chi connectivity index (χ2v) is 17.1. The van der Waals surface area contributed by atoms with Gasteiger partial charge in [-0.15, -0.1) is 0 Å². The van der Waals surface area contributed by atoms with E-state index in [0.29, 0.717) is 29.7 Å². The van der Waals surface area contributed by atoms with E-state index in [9.17, 15) is 19.2 Å². The van der Waals surface area contributed by atoms with Gasteiger partial charge in [-0.3, -0.25) is 14.2 Å². The molecule has 4 unspecified atom stereocenters. The van der Waals surface area contributed by atoms with E-state index in [0.717, 1.165) is 69.7 Å². The minimum Gasteiger partial charge on any atom is -0.462 e. The molecule has 4 aromatic heterocycles. The van der Waals surface area contributed by atoms with Crippen LogP contribution in [0.4, 0.5) is 9.59 Å². The maximum Gasteiger partial charge on any atom is 0.407 e. The van der Waals surface area contributed by atoms with Crippen LogP contribution in [0.5, 0.6) is 5.75 Å². The summed E-state index contributed by atoms with van der Waals surface area (Å²) in [6.07, 6.45) is 5.18. The molecule has 0 saturated carbocycles. The van der Waals surface area contributed by atoms with E-state index in [2.05, 4.69) is 66.9 Å². The first kappa shape index (κ1) is 46.9. The second kappa shape index (κ2) is 20.4. The van der Waals surface area contributed by atoms with Gasteiger partial charge >= 0.3 is 12.2 Å². The Hall–Kier alpha value is -7.04. The number of aromatic nitrogens is 5. The number of imidazole rings is 2. The first-order valence-electron chi connectivity index (χ1n) is 22.7. The third-order valence-corrected chi connectivity index (χ3v) is 12.0. The second-order valence-electron chi connectivity index (χ2n) is 17.1. The largest absolute Gasteiger partial charge is 0.462 e. The number of alkyl carbamates (subject to hydrolysis) is 2. The van der Waals surface area contributed by atoms with Crippen LogP contribution in [0, 0.1) is 12.8 Å². The standard InChI is InChI=1S/C46H53N9O8.C3H8/c1-8-26(4)54(43(57)41(25(2)3)52-46(59)61-7)24-39-47-21-32(50-39)28-13-15-34-30(18-28)19-36-31-14-12-29(20-38(31)63-44(55(34)36)37-16-11-27(5)62-37)33-22-48-42(51-33)35-10-9-17-53(35)40(56)23-49-45(58)60-6;1-3-2/h11-16,18-22,25-26,35,41,44H,8-10,17,23-24H2,1-7H3,(H,47,50)(H,48,51)(H,49,58)(H,52,59);3H2,1-2H3. The summed E-state index contributed by atoms with van der Waals surface area (Å²) in [5.74, 6) is 2.82. The topological polar surface area (TPSA) is 202 Å². The summed E-state index contributed by atoms with van der Waals surface area (Å²) in [6.45, 7) is 14.6. The number of hydrogen-bond donors (Lipinski definition) is 4. The lowest BCUT2D eigenvalue weighted by Crippen LogP contribution is -2.53. The molecule has 2 aliphatic heterocycles. The summed E-state index contributed by atoms with van der Waals surface area (Å²) in [5.41, 5.74) is 6.15. The first-order valence-corrected chi connectivity index (χ1v) is 22.7. The Morgan fingerprint density at radius 1 is 0.909 bits per heavy atom.